The fourth-order valence-electron chi connectivity index (χ4n) is 2.03. The van der Waals surface area contributed by atoms with Crippen molar-refractivity contribution in [1.82, 2.24) is 15.1 Å². The second kappa shape index (κ2) is 5.43. The zero-order valence-corrected chi connectivity index (χ0v) is 11.3. The summed E-state index contributed by atoms with van der Waals surface area (Å²) in [5.74, 6) is -1.10. The van der Waals surface area contributed by atoms with Gasteiger partial charge < -0.3 is 4.90 Å². The first-order valence-corrected chi connectivity index (χ1v) is 6.81. The minimum atomic E-state index is -0.625. The third-order valence-corrected chi connectivity index (χ3v) is 3.76. The lowest BCUT2D eigenvalue weighted by Crippen LogP contribution is -2.47. The van der Waals surface area contributed by atoms with Gasteiger partial charge in [0.15, 0.2) is 0 Å². The number of rotatable bonds is 1. The number of carbonyl (C=O) groups excluding carboxylic acids is 2. The van der Waals surface area contributed by atoms with Crippen molar-refractivity contribution in [2.75, 3.05) is 11.9 Å². The largest absolute Gasteiger partial charge is 0.332 e. The van der Waals surface area contributed by atoms with E-state index in [1.807, 2.05) is 6.92 Å². The van der Waals surface area contributed by atoms with Gasteiger partial charge in [-0.25, -0.2) is 0 Å². The summed E-state index contributed by atoms with van der Waals surface area (Å²) < 4.78 is 0. The van der Waals surface area contributed by atoms with Crippen molar-refractivity contribution in [2.45, 2.75) is 39.2 Å². The predicted octanol–water partition coefficient (Wildman–Crippen LogP) is 1.19. The zero-order chi connectivity index (χ0) is 13.1. The van der Waals surface area contributed by atoms with Crippen LogP contribution in [0.2, 0.25) is 0 Å². The number of nitrogens with one attached hydrogen (secondary N) is 1. The van der Waals surface area contributed by atoms with Crippen molar-refractivity contribution in [3.63, 3.8) is 0 Å². The fraction of sp³-hybridized carbons (Fsp3) is 0.636. The summed E-state index contributed by atoms with van der Waals surface area (Å²) in [6.45, 7) is 4.42. The van der Waals surface area contributed by atoms with Crippen LogP contribution in [0.1, 0.15) is 31.2 Å². The van der Waals surface area contributed by atoms with Crippen molar-refractivity contribution < 1.29 is 9.59 Å². The summed E-state index contributed by atoms with van der Waals surface area (Å²) in [4.78, 5) is 25.4. The quantitative estimate of drug-likeness (QED) is 0.776. The van der Waals surface area contributed by atoms with Gasteiger partial charge in [0.05, 0.1) is 0 Å². The molecule has 0 saturated carbocycles. The number of carbonyl (C=O) groups is 2. The van der Waals surface area contributed by atoms with E-state index in [9.17, 15) is 9.59 Å². The third-order valence-electron chi connectivity index (χ3n) is 3.00. The van der Waals surface area contributed by atoms with E-state index in [0.717, 1.165) is 24.3 Å². The van der Waals surface area contributed by atoms with E-state index in [2.05, 4.69) is 15.5 Å². The molecule has 18 heavy (non-hydrogen) atoms. The van der Waals surface area contributed by atoms with Gasteiger partial charge in [0.1, 0.15) is 5.01 Å². The second-order valence-corrected chi connectivity index (χ2v) is 5.61. The number of piperidine rings is 1. The first-order valence-electron chi connectivity index (χ1n) is 6.00. The number of hydrogen-bond acceptors (Lipinski definition) is 5. The average molecular weight is 268 g/mol. The molecule has 1 saturated heterocycles. The molecule has 7 heteroatoms. The molecule has 1 aromatic heterocycles. The number of nitrogens with zero attached hydrogens (tertiary/aromatic N) is 3. The highest BCUT2D eigenvalue weighted by Crippen LogP contribution is 2.18. The molecule has 1 aliphatic rings. The summed E-state index contributed by atoms with van der Waals surface area (Å²) in [7, 11) is 0. The molecule has 0 bridgehead atoms. The second-order valence-electron chi connectivity index (χ2n) is 4.42. The van der Waals surface area contributed by atoms with Crippen LogP contribution in [-0.4, -0.2) is 39.5 Å². The van der Waals surface area contributed by atoms with Gasteiger partial charge in [0.2, 0.25) is 5.13 Å². The molecular formula is C11H16N4O2S. The Morgan fingerprint density at radius 1 is 1.39 bits per heavy atom. The van der Waals surface area contributed by atoms with Crippen LogP contribution >= 0.6 is 11.3 Å². The van der Waals surface area contributed by atoms with Crippen molar-refractivity contribution in [1.29, 1.82) is 0 Å². The minimum absolute atomic E-state index is 0.133. The van der Waals surface area contributed by atoms with E-state index in [1.54, 1.807) is 11.8 Å². The molecule has 1 fully saturated rings. The Labute approximate surface area is 109 Å². The topological polar surface area (TPSA) is 75.2 Å². The highest BCUT2D eigenvalue weighted by molar-refractivity contribution is 7.15. The Bertz CT molecular complexity index is 460. The van der Waals surface area contributed by atoms with E-state index >= 15 is 0 Å². The van der Waals surface area contributed by atoms with Crippen molar-refractivity contribution in [3.8, 4) is 0 Å². The molecular weight excluding hydrogens is 252 g/mol. The van der Waals surface area contributed by atoms with Gasteiger partial charge in [-0.1, -0.05) is 11.3 Å². The molecule has 0 spiro atoms. The van der Waals surface area contributed by atoms with Crippen LogP contribution in [0.4, 0.5) is 5.13 Å². The first kappa shape index (κ1) is 12.9. The maximum absolute atomic E-state index is 12.0. The molecule has 0 aliphatic carbocycles. The zero-order valence-electron chi connectivity index (χ0n) is 10.5. The molecule has 2 amide bonds. The molecule has 1 N–H and O–H groups in total. The van der Waals surface area contributed by atoms with Crippen LogP contribution in [0.3, 0.4) is 0 Å². The average Bonchev–Trinajstić information content (AvgIpc) is 2.74. The Morgan fingerprint density at radius 2 is 2.17 bits per heavy atom. The van der Waals surface area contributed by atoms with Crippen LogP contribution in [0, 0.1) is 6.92 Å². The number of aryl methyl sites for hydroxylation is 1. The molecule has 1 aromatic rings. The number of aromatic nitrogens is 2. The number of anilines is 1. The lowest BCUT2D eigenvalue weighted by atomic mass is 10.0. The van der Waals surface area contributed by atoms with Crippen LogP contribution in [0.25, 0.3) is 0 Å². The summed E-state index contributed by atoms with van der Waals surface area (Å²) in [6, 6.07) is 0.133. The van der Waals surface area contributed by atoms with E-state index in [1.165, 1.54) is 11.3 Å². The van der Waals surface area contributed by atoms with E-state index in [4.69, 9.17) is 0 Å². The lowest BCUT2D eigenvalue weighted by Gasteiger charge is -2.32. The van der Waals surface area contributed by atoms with Gasteiger partial charge in [-0.05, 0) is 33.1 Å². The summed E-state index contributed by atoms with van der Waals surface area (Å²) in [5, 5.41) is 11.2. The van der Waals surface area contributed by atoms with E-state index in [-0.39, 0.29) is 6.04 Å². The third kappa shape index (κ3) is 2.84. The van der Waals surface area contributed by atoms with E-state index in [0.29, 0.717) is 11.7 Å². The van der Waals surface area contributed by atoms with Crippen LogP contribution in [0.5, 0.6) is 0 Å². The Kier molecular flexibility index (Phi) is 3.90. The monoisotopic (exact) mass is 268 g/mol. The molecule has 6 nitrogen and oxygen atoms in total. The number of likely N-dealkylation sites (tertiary alicyclic amines) is 1. The minimum Gasteiger partial charge on any atom is -0.332 e. The van der Waals surface area contributed by atoms with Crippen LogP contribution in [-0.2, 0) is 9.59 Å². The lowest BCUT2D eigenvalue weighted by molar-refractivity contribution is -0.145. The Hall–Kier alpha value is -1.50. The van der Waals surface area contributed by atoms with E-state index < -0.39 is 11.8 Å². The van der Waals surface area contributed by atoms with Gasteiger partial charge in [0.25, 0.3) is 0 Å². The summed E-state index contributed by atoms with van der Waals surface area (Å²) in [5.41, 5.74) is 0. The maximum Gasteiger partial charge on any atom is 0.315 e. The molecule has 0 unspecified atom stereocenters. The normalized spacial score (nSPS) is 19.7. The van der Waals surface area contributed by atoms with Gasteiger partial charge in [-0.3, -0.25) is 14.9 Å². The SMILES string of the molecule is Cc1nnc(NC(=O)C(=O)N2CCCC[C@@H]2C)s1. The van der Waals surface area contributed by atoms with Gasteiger partial charge >= 0.3 is 11.8 Å². The summed E-state index contributed by atoms with van der Waals surface area (Å²) in [6.07, 6.45) is 3.03. The standard InChI is InChI=1S/C11H16N4O2S/c1-7-5-3-4-6-15(7)10(17)9(16)12-11-14-13-8(2)18-11/h7H,3-6H2,1-2H3,(H,12,14,16)/t7-/m0/s1. The van der Waals surface area contributed by atoms with Crippen molar-refractivity contribution in [3.05, 3.63) is 5.01 Å². The summed E-state index contributed by atoms with van der Waals surface area (Å²) >= 11 is 1.26. The maximum atomic E-state index is 12.0. The van der Waals surface area contributed by atoms with Crippen LogP contribution in [0.15, 0.2) is 0 Å². The Balaban J connectivity index is 1.98. The van der Waals surface area contributed by atoms with Crippen molar-refractivity contribution >= 4 is 28.3 Å². The molecule has 2 heterocycles. The molecule has 98 valence electrons. The highest BCUT2D eigenvalue weighted by Gasteiger charge is 2.28. The molecule has 2 rings (SSSR count). The fourth-order valence-corrected chi connectivity index (χ4v) is 2.61. The predicted molar refractivity (Wildman–Crippen MR) is 68.3 cm³/mol. The Morgan fingerprint density at radius 3 is 2.78 bits per heavy atom. The molecule has 1 atom stereocenters. The van der Waals surface area contributed by atoms with Crippen molar-refractivity contribution in [2.24, 2.45) is 0 Å². The van der Waals surface area contributed by atoms with Gasteiger partial charge in [-0.15, -0.1) is 10.2 Å². The van der Waals surface area contributed by atoms with Gasteiger partial charge in [-0.2, -0.15) is 0 Å². The molecule has 1 aliphatic heterocycles. The molecule has 0 radical (unpaired) electrons. The number of amides is 2. The highest BCUT2D eigenvalue weighted by atomic mass is 32.1. The van der Waals surface area contributed by atoms with Gasteiger partial charge in [0, 0.05) is 12.6 Å². The van der Waals surface area contributed by atoms with Crippen LogP contribution < -0.4 is 5.32 Å². The molecule has 0 aromatic carbocycles. The first-order chi connectivity index (χ1) is 8.58. The number of hydrogen-bond donors (Lipinski definition) is 1. The smallest absolute Gasteiger partial charge is 0.315 e.